The van der Waals surface area contributed by atoms with Gasteiger partial charge in [0.15, 0.2) is 11.3 Å². The number of rotatable bonds is 3. The van der Waals surface area contributed by atoms with E-state index in [2.05, 4.69) is 45.2 Å². The molecule has 0 atom stereocenters. The number of carboxylic acids is 1. The first-order valence-electron chi connectivity index (χ1n) is 8.80. The van der Waals surface area contributed by atoms with Crippen LogP contribution in [0.2, 0.25) is 20.1 Å². The summed E-state index contributed by atoms with van der Waals surface area (Å²) in [7, 11) is 1.53. The second-order valence-electron chi connectivity index (χ2n) is 6.73. The Kier molecular flexibility index (Phi) is 10.6. The summed E-state index contributed by atoms with van der Waals surface area (Å²) in [6, 6.07) is 3.38. The van der Waals surface area contributed by atoms with E-state index >= 15 is 0 Å². The molecule has 0 aromatic heterocycles. The van der Waals surface area contributed by atoms with Crippen LogP contribution >= 0.6 is 137 Å². The van der Waals surface area contributed by atoms with Crippen molar-refractivity contribution >= 4 is 154 Å². The molecule has 0 bridgehead atoms. The first-order chi connectivity index (χ1) is 15.9. The smallest absolute Gasteiger partial charge is 0.545 e. The number of carbonyl (C=O) groups excluding carboxylic acids is 1. The molecule has 35 heavy (non-hydrogen) atoms. The summed E-state index contributed by atoms with van der Waals surface area (Å²) < 4.78 is 13.8. The third-order valence-corrected chi connectivity index (χ3v) is 10.3. The quantitative estimate of drug-likeness (QED) is 0.0954. The Bertz CT molecular complexity index is 1590. The monoisotopic (exact) mass is 1010 g/mol. The number of carboxylic acid groups (broad SMARTS) is 1. The van der Waals surface area contributed by atoms with E-state index in [9.17, 15) is 14.7 Å². The molecule has 4 rings (SSSR count). The number of benzene rings is 3. The van der Waals surface area contributed by atoms with E-state index in [0.717, 1.165) is 3.57 Å². The Morgan fingerprint density at radius 1 is 0.914 bits per heavy atom. The van der Waals surface area contributed by atoms with Crippen LogP contribution in [-0.2, 0) is 0 Å². The van der Waals surface area contributed by atoms with E-state index in [4.69, 9.17) is 55.6 Å². The van der Waals surface area contributed by atoms with Crippen LogP contribution < -0.4 is 44.8 Å². The third-order valence-electron chi connectivity index (χ3n) is 4.93. The van der Waals surface area contributed by atoms with E-state index in [1.165, 1.54) is 7.11 Å². The van der Waals surface area contributed by atoms with Crippen LogP contribution in [0.3, 0.4) is 0 Å². The molecular weight excluding hydrogens is 1000 g/mol. The maximum atomic E-state index is 12.7. The summed E-state index contributed by atoms with van der Waals surface area (Å²) >= 11 is 33.5. The normalized spacial score (nSPS) is 11.1. The summed E-state index contributed by atoms with van der Waals surface area (Å²) in [6.07, 6.45) is 0. The van der Waals surface area contributed by atoms with Gasteiger partial charge in [0.05, 0.1) is 43.9 Å². The van der Waals surface area contributed by atoms with Crippen LogP contribution in [0.15, 0.2) is 21.3 Å². The molecule has 0 amide bonds. The zero-order valence-corrected chi connectivity index (χ0v) is 30.9. The minimum absolute atomic E-state index is 0. The molecule has 0 radical (unpaired) electrons. The molecule has 2 aliphatic rings. The fraction of sp³-hybridized carbons (Fsp3) is 0.0476. The van der Waals surface area contributed by atoms with Crippen LogP contribution in [0.4, 0.5) is 0 Å². The minimum atomic E-state index is -1.59. The number of aromatic carboxylic acids is 1. The van der Waals surface area contributed by atoms with Gasteiger partial charge in [0.25, 0.3) is 0 Å². The molecule has 2 aromatic carbocycles. The molecule has 0 unspecified atom stereocenters. The molecule has 0 fully saturated rings. The first kappa shape index (κ1) is 31.0. The van der Waals surface area contributed by atoms with Crippen LogP contribution in [0.1, 0.15) is 10.4 Å². The van der Waals surface area contributed by atoms with Crippen molar-refractivity contribution in [3.8, 4) is 28.2 Å². The summed E-state index contributed by atoms with van der Waals surface area (Å²) in [5.41, 5.74) is 0.516. The van der Waals surface area contributed by atoms with Crippen LogP contribution in [-0.4, -0.2) is 13.1 Å². The number of carbonyl (C=O) groups is 1. The number of hydrogen-bond donors (Lipinski definition) is 0. The number of halogens is 8. The molecule has 5 nitrogen and oxygen atoms in total. The van der Waals surface area contributed by atoms with Crippen molar-refractivity contribution in [2.45, 2.75) is 0 Å². The van der Waals surface area contributed by atoms with Crippen molar-refractivity contribution < 1.29 is 48.6 Å². The summed E-state index contributed by atoms with van der Waals surface area (Å²) in [4.78, 5) is 25.0. The van der Waals surface area contributed by atoms with Gasteiger partial charge in [-0.3, -0.25) is 4.79 Å². The Hall–Kier alpha value is 1.48. The van der Waals surface area contributed by atoms with Crippen LogP contribution in [0.5, 0.6) is 5.75 Å². The summed E-state index contributed by atoms with van der Waals surface area (Å²) in [5.74, 6) is -0.786. The van der Waals surface area contributed by atoms with E-state index in [-0.39, 0.29) is 66.4 Å². The fourth-order valence-corrected chi connectivity index (χ4v) is 8.54. The van der Waals surface area contributed by atoms with Gasteiger partial charge in [0.1, 0.15) is 9.32 Å². The predicted molar refractivity (Wildman–Crippen MR) is 166 cm³/mol. The maximum absolute atomic E-state index is 12.7. The number of methoxy groups -OCH3 is 1. The number of ether oxygens (including phenoxy) is 1. The van der Waals surface area contributed by atoms with Crippen molar-refractivity contribution in [2.75, 3.05) is 7.11 Å². The standard InChI is InChI=1S/C21H6Cl4I4O5.Na/c1-33-20-7(27)3-5-8(9-10(21(31)32)12(23)14(25)13(24)11(9)22)4-2-6(26)17(30)15(28)18(4)34-19(5)16(20)29;/h2-3H,1H3,(H,31,32);/q;+1/p-1. The fourth-order valence-electron chi connectivity index (χ4n) is 3.50. The first-order valence-corrected chi connectivity index (χ1v) is 14.6. The van der Waals surface area contributed by atoms with Crippen molar-refractivity contribution in [1.82, 2.24) is 0 Å². The Labute approximate surface area is 295 Å². The molecular formula is C21H5Cl4I4NaO5. The molecule has 0 spiro atoms. The summed E-state index contributed by atoms with van der Waals surface area (Å²) in [6.45, 7) is 0. The number of fused-ring (bicyclic) bond motifs is 2. The van der Waals surface area contributed by atoms with E-state index in [1.807, 2.05) is 45.2 Å². The van der Waals surface area contributed by atoms with E-state index < -0.39 is 11.5 Å². The molecule has 0 saturated heterocycles. The average Bonchev–Trinajstić information content (AvgIpc) is 2.78. The molecule has 1 aliphatic heterocycles. The van der Waals surface area contributed by atoms with Crippen molar-refractivity contribution in [3.63, 3.8) is 0 Å². The van der Waals surface area contributed by atoms with Gasteiger partial charge in [0, 0.05) is 27.6 Å². The molecule has 1 aliphatic carbocycles. The topological polar surface area (TPSA) is 79.6 Å². The van der Waals surface area contributed by atoms with Gasteiger partial charge in [-0.25, -0.2) is 0 Å². The van der Waals surface area contributed by atoms with Crippen molar-refractivity contribution in [1.29, 1.82) is 0 Å². The largest absolute Gasteiger partial charge is 1.00 e. The van der Waals surface area contributed by atoms with Gasteiger partial charge in [-0.15, -0.1) is 0 Å². The molecule has 176 valence electrons. The maximum Gasteiger partial charge on any atom is 1.00 e. The van der Waals surface area contributed by atoms with Crippen molar-refractivity contribution in [2.24, 2.45) is 0 Å². The summed E-state index contributed by atoms with van der Waals surface area (Å²) in [5, 5.41) is 12.0. The zero-order valence-electron chi connectivity index (χ0n) is 17.2. The Morgan fingerprint density at radius 3 is 2.09 bits per heavy atom. The van der Waals surface area contributed by atoms with Gasteiger partial charge in [-0.05, 0) is 102 Å². The van der Waals surface area contributed by atoms with Crippen molar-refractivity contribution in [3.05, 3.63) is 62.3 Å². The zero-order chi connectivity index (χ0) is 25.2. The van der Waals surface area contributed by atoms with Gasteiger partial charge < -0.3 is 19.1 Å². The van der Waals surface area contributed by atoms with Gasteiger partial charge >= 0.3 is 29.6 Å². The molecule has 2 aromatic rings. The predicted octanol–water partition coefficient (Wildman–Crippen LogP) is 4.97. The van der Waals surface area contributed by atoms with Gasteiger partial charge in [-0.1, -0.05) is 46.4 Å². The SMILES string of the molecule is COc1c(I)cc2c(-c3c(Cl)c(Cl)c(Cl)c(Cl)c3C(=O)[O-])c3cc(I)c(=O)c(I)c-3oc2c1I.[Na+]. The Balaban J connectivity index is 0.00000342. The second-order valence-corrected chi connectivity index (χ2v) is 12.7. The molecule has 1 heterocycles. The van der Waals surface area contributed by atoms with Crippen LogP contribution in [0, 0.1) is 14.3 Å². The minimum Gasteiger partial charge on any atom is -0.545 e. The second kappa shape index (κ2) is 11.9. The van der Waals surface area contributed by atoms with E-state index in [1.54, 1.807) is 12.1 Å². The third kappa shape index (κ3) is 5.20. The average molecular weight is 1010 g/mol. The van der Waals surface area contributed by atoms with E-state index in [0.29, 0.717) is 38.6 Å². The molecule has 14 heteroatoms. The van der Waals surface area contributed by atoms with Gasteiger partial charge in [0.2, 0.25) is 5.43 Å². The molecule has 0 saturated carbocycles. The number of hydrogen-bond acceptors (Lipinski definition) is 5. The Morgan fingerprint density at radius 2 is 1.51 bits per heavy atom. The van der Waals surface area contributed by atoms with Crippen LogP contribution in [0.25, 0.3) is 33.4 Å². The molecule has 0 N–H and O–H groups in total. The van der Waals surface area contributed by atoms with Gasteiger partial charge in [-0.2, -0.15) is 0 Å².